The normalized spacial score (nSPS) is 17.8. The molecule has 1 aliphatic heterocycles. The Labute approximate surface area is 129 Å². The average molecular weight is 300 g/mol. The Hall–Kier alpha value is -2.30. The van der Waals surface area contributed by atoms with Crippen molar-refractivity contribution in [3.05, 3.63) is 46.8 Å². The monoisotopic (exact) mass is 300 g/mol. The number of hydrogen-bond donors (Lipinski definition) is 0. The highest BCUT2D eigenvalue weighted by atomic mass is 16.5. The summed E-state index contributed by atoms with van der Waals surface area (Å²) in [7, 11) is 1.59. The summed E-state index contributed by atoms with van der Waals surface area (Å²) in [6.45, 7) is 4.54. The van der Waals surface area contributed by atoms with Crippen LogP contribution < -0.4 is 4.74 Å². The van der Waals surface area contributed by atoms with Crippen molar-refractivity contribution in [2.75, 3.05) is 13.7 Å². The van der Waals surface area contributed by atoms with E-state index >= 15 is 0 Å². The predicted octanol–water partition coefficient (Wildman–Crippen LogP) is 3.28. The van der Waals surface area contributed by atoms with E-state index in [2.05, 4.69) is 5.16 Å². The van der Waals surface area contributed by atoms with Crippen molar-refractivity contribution in [2.24, 2.45) is 0 Å². The van der Waals surface area contributed by atoms with E-state index in [1.165, 1.54) is 0 Å². The third kappa shape index (κ3) is 2.47. The topological polar surface area (TPSA) is 55.6 Å². The van der Waals surface area contributed by atoms with Crippen LogP contribution in [0.25, 0.3) is 0 Å². The molecule has 1 atom stereocenters. The van der Waals surface area contributed by atoms with Gasteiger partial charge in [0.1, 0.15) is 5.75 Å². The fourth-order valence-electron chi connectivity index (χ4n) is 3.07. The molecule has 0 aliphatic carbocycles. The minimum atomic E-state index is -0.0435. The summed E-state index contributed by atoms with van der Waals surface area (Å²) in [5, 5.41) is 3.94. The van der Waals surface area contributed by atoms with Crippen LogP contribution in [0.1, 0.15) is 46.3 Å². The van der Waals surface area contributed by atoms with Gasteiger partial charge in [0.05, 0.1) is 24.4 Å². The number of amides is 1. The van der Waals surface area contributed by atoms with Gasteiger partial charge in [-0.1, -0.05) is 17.3 Å². The fourth-order valence-corrected chi connectivity index (χ4v) is 3.07. The first kappa shape index (κ1) is 14.6. The number of methoxy groups -OCH3 is 1. The first-order valence-corrected chi connectivity index (χ1v) is 7.49. The Kier molecular flexibility index (Phi) is 3.88. The van der Waals surface area contributed by atoms with Gasteiger partial charge in [0.15, 0.2) is 5.76 Å². The quantitative estimate of drug-likeness (QED) is 0.873. The van der Waals surface area contributed by atoms with Gasteiger partial charge in [-0.15, -0.1) is 0 Å². The zero-order chi connectivity index (χ0) is 15.7. The summed E-state index contributed by atoms with van der Waals surface area (Å²) in [6.07, 6.45) is 1.86. The molecule has 22 heavy (non-hydrogen) atoms. The van der Waals surface area contributed by atoms with E-state index < -0.39 is 0 Å². The maximum Gasteiger partial charge on any atom is 0.258 e. The summed E-state index contributed by atoms with van der Waals surface area (Å²) >= 11 is 0. The van der Waals surface area contributed by atoms with E-state index in [4.69, 9.17) is 9.26 Å². The van der Waals surface area contributed by atoms with Gasteiger partial charge in [-0.3, -0.25) is 4.79 Å². The molecule has 5 nitrogen and oxygen atoms in total. The molecule has 0 spiro atoms. The van der Waals surface area contributed by atoms with E-state index in [0.29, 0.717) is 11.3 Å². The number of benzene rings is 1. The maximum atomic E-state index is 13.0. The highest BCUT2D eigenvalue weighted by Crippen LogP contribution is 2.35. The Morgan fingerprint density at radius 3 is 2.91 bits per heavy atom. The van der Waals surface area contributed by atoms with Crippen molar-refractivity contribution >= 4 is 5.91 Å². The summed E-state index contributed by atoms with van der Waals surface area (Å²) in [5.74, 6) is 1.37. The maximum absolute atomic E-state index is 13.0. The summed E-state index contributed by atoms with van der Waals surface area (Å²) in [6, 6.07) is 7.51. The van der Waals surface area contributed by atoms with E-state index in [0.717, 1.165) is 36.4 Å². The molecular formula is C17H20N2O3. The number of aryl methyl sites for hydroxylation is 2. The molecule has 3 rings (SSSR count). The van der Waals surface area contributed by atoms with E-state index in [-0.39, 0.29) is 11.9 Å². The SMILES string of the molecule is COc1cccc(C)c1C(=O)N1CCCC1c1cc(C)no1. The molecule has 1 aromatic heterocycles. The van der Waals surface area contributed by atoms with Crippen LogP contribution in [-0.2, 0) is 0 Å². The first-order valence-electron chi connectivity index (χ1n) is 7.49. The molecule has 1 unspecified atom stereocenters. The lowest BCUT2D eigenvalue weighted by atomic mass is 10.1. The van der Waals surface area contributed by atoms with Gasteiger partial charge in [0, 0.05) is 12.6 Å². The van der Waals surface area contributed by atoms with E-state index in [1.54, 1.807) is 7.11 Å². The van der Waals surface area contributed by atoms with Crippen LogP contribution in [-0.4, -0.2) is 29.6 Å². The second kappa shape index (κ2) is 5.83. The number of rotatable bonds is 3. The Morgan fingerprint density at radius 1 is 1.41 bits per heavy atom. The third-order valence-electron chi connectivity index (χ3n) is 4.16. The number of aromatic nitrogens is 1. The van der Waals surface area contributed by atoms with Gasteiger partial charge in [0.25, 0.3) is 5.91 Å². The molecule has 0 N–H and O–H groups in total. The van der Waals surface area contributed by atoms with Crippen molar-refractivity contribution in [3.63, 3.8) is 0 Å². The van der Waals surface area contributed by atoms with Gasteiger partial charge in [-0.05, 0) is 38.3 Å². The molecule has 1 saturated heterocycles. The van der Waals surface area contributed by atoms with Crippen molar-refractivity contribution < 1.29 is 14.1 Å². The molecule has 2 heterocycles. The van der Waals surface area contributed by atoms with Crippen LogP contribution in [0.15, 0.2) is 28.8 Å². The molecule has 5 heteroatoms. The lowest BCUT2D eigenvalue weighted by molar-refractivity contribution is 0.0710. The summed E-state index contributed by atoms with van der Waals surface area (Å²) in [4.78, 5) is 14.9. The molecule has 0 radical (unpaired) electrons. The lowest BCUT2D eigenvalue weighted by Gasteiger charge is -2.24. The number of nitrogens with zero attached hydrogens (tertiary/aromatic N) is 2. The van der Waals surface area contributed by atoms with E-state index in [1.807, 2.05) is 43.0 Å². The summed E-state index contributed by atoms with van der Waals surface area (Å²) in [5.41, 5.74) is 2.39. The second-order valence-electron chi connectivity index (χ2n) is 5.68. The van der Waals surface area contributed by atoms with E-state index in [9.17, 15) is 4.79 Å². The molecule has 1 amide bonds. The molecule has 1 aliphatic rings. The van der Waals surface area contributed by atoms with Gasteiger partial charge in [-0.25, -0.2) is 0 Å². The van der Waals surface area contributed by atoms with Crippen molar-refractivity contribution in [3.8, 4) is 5.75 Å². The lowest BCUT2D eigenvalue weighted by Crippen LogP contribution is -2.31. The number of hydrogen-bond acceptors (Lipinski definition) is 4. The first-order chi connectivity index (χ1) is 10.6. The summed E-state index contributed by atoms with van der Waals surface area (Å²) < 4.78 is 10.7. The van der Waals surface area contributed by atoms with Crippen molar-refractivity contribution in [2.45, 2.75) is 32.7 Å². The standard InChI is InChI=1S/C17H20N2O3/c1-11-6-4-8-14(21-3)16(11)17(20)19-9-5-7-13(19)15-10-12(2)18-22-15/h4,6,8,10,13H,5,7,9H2,1-3H3. The van der Waals surface area contributed by atoms with Crippen LogP contribution >= 0.6 is 0 Å². The number of ether oxygens (including phenoxy) is 1. The zero-order valence-electron chi connectivity index (χ0n) is 13.1. The van der Waals surface area contributed by atoms with Gasteiger partial charge >= 0.3 is 0 Å². The highest BCUT2D eigenvalue weighted by Gasteiger charge is 2.34. The molecular weight excluding hydrogens is 280 g/mol. The largest absolute Gasteiger partial charge is 0.496 e. The molecule has 2 aromatic rings. The Balaban J connectivity index is 1.95. The molecule has 1 fully saturated rings. The van der Waals surface area contributed by atoms with Crippen LogP contribution in [0.3, 0.4) is 0 Å². The minimum Gasteiger partial charge on any atom is -0.496 e. The smallest absolute Gasteiger partial charge is 0.258 e. The Bertz CT molecular complexity index is 693. The van der Waals surface area contributed by atoms with Crippen LogP contribution in [0.2, 0.25) is 0 Å². The van der Waals surface area contributed by atoms with Crippen molar-refractivity contribution in [1.29, 1.82) is 0 Å². The van der Waals surface area contributed by atoms with Crippen LogP contribution in [0.4, 0.5) is 0 Å². The fraction of sp³-hybridized carbons (Fsp3) is 0.412. The molecule has 0 saturated carbocycles. The van der Waals surface area contributed by atoms with Gasteiger partial charge in [-0.2, -0.15) is 0 Å². The molecule has 116 valence electrons. The average Bonchev–Trinajstić information content (AvgIpc) is 3.14. The third-order valence-corrected chi connectivity index (χ3v) is 4.16. The predicted molar refractivity (Wildman–Crippen MR) is 82.0 cm³/mol. The second-order valence-corrected chi connectivity index (χ2v) is 5.68. The molecule has 0 bridgehead atoms. The Morgan fingerprint density at radius 2 is 2.23 bits per heavy atom. The zero-order valence-corrected chi connectivity index (χ0v) is 13.1. The number of carbonyl (C=O) groups excluding carboxylic acids is 1. The highest BCUT2D eigenvalue weighted by molar-refractivity contribution is 5.98. The van der Waals surface area contributed by atoms with Crippen LogP contribution in [0, 0.1) is 13.8 Å². The van der Waals surface area contributed by atoms with Gasteiger partial charge < -0.3 is 14.2 Å². The molecule has 1 aromatic carbocycles. The minimum absolute atomic E-state index is 0.00787. The van der Waals surface area contributed by atoms with Crippen LogP contribution in [0.5, 0.6) is 5.75 Å². The number of likely N-dealkylation sites (tertiary alicyclic amines) is 1. The van der Waals surface area contributed by atoms with Crippen molar-refractivity contribution in [1.82, 2.24) is 10.1 Å². The van der Waals surface area contributed by atoms with Gasteiger partial charge in [0.2, 0.25) is 0 Å². The number of carbonyl (C=O) groups is 1.